The molecule has 1 aromatic rings. The number of benzene rings is 1. The van der Waals surface area contributed by atoms with Crippen molar-refractivity contribution in [3.63, 3.8) is 0 Å². The van der Waals surface area contributed by atoms with E-state index in [1.54, 1.807) is 30.3 Å². The molecule has 0 saturated carbocycles. The lowest BCUT2D eigenvalue weighted by Crippen LogP contribution is -2.32. The van der Waals surface area contributed by atoms with Gasteiger partial charge in [-0.2, -0.15) is 0 Å². The maximum atomic E-state index is 11.1. The van der Waals surface area contributed by atoms with Crippen molar-refractivity contribution < 1.29 is 9.85 Å². The molecular weight excluding hydrogens is 236 g/mol. The number of nitro groups is 2. The second-order valence-corrected chi connectivity index (χ2v) is 4.17. The minimum Gasteiger partial charge on any atom is -0.265 e. The summed E-state index contributed by atoms with van der Waals surface area (Å²) in [7, 11) is 0. The van der Waals surface area contributed by atoms with Gasteiger partial charge in [0.25, 0.3) is 0 Å². The molecule has 0 N–H and O–H groups in total. The van der Waals surface area contributed by atoms with Crippen LogP contribution < -0.4 is 0 Å². The van der Waals surface area contributed by atoms with E-state index in [1.165, 1.54) is 0 Å². The van der Waals surface area contributed by atoms with Crippen molar-refractivity contribution in [2.75, 3.05) is 6.54 Å². The third-order valence-corrected chi connectivity index (χ3v) is 2.89. The predicted molar refractivity (Wildman–Crippen MR) is 66.7 cm³/mol. The molecule has 0 radical (unpaired) electrons. The van der Waals surface area contributed by atoms with Crippen LogP contribution in [-0.4, -0.2) is 22.4 Å². The molecule has 1 rings (SSSR count). The van der Waals surface area contributed by atoms with E-state index in [2.05, 4.69) is 0 Å². The molecule has 0 amide bonds. The maximum absolute atomic E-state index is 11.1. The van der Waals surface area contributed by atoms with E-state index in [-0.39, 0.29) is 0 Å². The molecule has 0 unspecified atom stereocenters. The molecule has 6 heteroatoms. The summed E-state index contributed by atoms with van der Waals surface area (Å²) in [5.41, 5.74) is 0.657. The minimum absolute atomic E-state index is 0.348. The van der Waals surface area contributed by atoms with Gasteiger partial charge < -0.3 is 0 Å². The van der Waals surface area contributed by atoms with Gasteiger partial charge in [-0.25, -0.2) is 0 Å². The molecular formula is C12H16N2O4. The highest BCUT2D eigenvalue weighted by Gasteiger charge is 2.35. The van der Waals surface area contributed by atoms with Crippen molar-refractivity contribution in [3.8, 4) is 0 Å². The van der Waals surface area contributed by atoms with Crippen LogP contribution in [0, 0.1) is 20.2 Å². The Morgan fingerprint density at radius 2 is 1.78 bits per heavy atom. The summed E-state index contributed by atoms with van der Waals surface area (Å²) in [6, 6.07) is 7.79. The molecule has 1 aromatic carbocycles. The maximum Gasteiger partial charge on any atom is 0.226 e. The highest BCUT2D eigenvalue weighted by molar-refractivity contribution is 5.20. The summed E-state index contributed by atoms with van der Waals surface area (Å²) >= 11 is 0. The van der Waals surface area contributed by atoms with Crippen LogP contribution >= 0.6 is 0 Å². The summed E-state index contributed by atoms with van der Waals surface area (Å²) in [4.78, 5) is 20.9. The number of rotatable bonds is 7. The van der Waals surface area contributed by atoms with Crippen LogP contribution in [0.5, 0.6) is 0 Å². The van der Waals surface area contributed by atoms with Gasteiger partial charge in [0.05, 0.1) is 0 Å². The normalized spacial score (nSPS) is 13.8. The molecule has 0 heterocycles. The van der Waals surface area contributed by atoms with E-state index in [9.17, 15) is 20.2 Å². The van der Waals surface area contributed by atoms with E-state index >= 15 is 0 Å². The third kappa shape index (κ3) is 3.80. The zero-order chi connectivity index (χ0) is 13.5. The molecule has 98 valence electrons. The molecule has 6 nitrogen and oxygen atoms in total. The monoisotopic (exact) mass is 252 g/mol. The highest BCUT2D eigenvalue weighted by atomic mass is 16.6. The Labute approximate surface area is 105 Å². The molecule has 0 aliphatic carbocycles. The van der Waals surface area contributed by atoms with Gasteiger partial charge >= 0.3 is 0 Å². The Balaban J connectivity index is 3.03. The molecule has 18 heavy (non-hydrogen) atoms. The van der Waals surface area contributed by atoms with E-state index in [1.807, 2.05) is 6.92 Å². The van der Waals surface area contributed by atoms with E-state index in [0.717, 1.165) is 0 Å². The van der Waals surface area contributed by atoms with Crippen LogP contribution in [0.4, 0.5) is 0 Å². The first-order valence-corrected chi connectivity index (χ1v) is 5.86. The van der Waals surface area contributed by atoms with Crippen molar-refractivity contribution in [1.82, 2.24) is 0 Å². The topological polar surface area (TPSA) is 86.3 Å². The van der Waals surface area contributed by atoms with Crippen molar-refractivity contribution in [1.29, 1.82) is 0 Å². The van der Waals surface area contributed by atoms with Gasteiger partial charge in [0.2, 0.25) is 12.6 Å². The molecule has 2 atom stereocenters. The fourth-order valence-corrected chi connectivity index (χ4v) is 2.06. The summed E-state index contributed by atoms with van der Waals surface area (Å²) in [5, 5.41) is 21.8. The van der Waals surface area contributed by atoms with E-state index in [0.29, 0.717) is 18.4 Å². The molecule has 0 spiro atoms. The number of hydrogen-bond donors (Lipinski definition) is 0. The van der Waals surface area contributed by atoms with Crippen molar-refractivity contribution in [2.24, 2.45) is 0 Å². The van der Waals surface area contributed by atoms with Gasteiger partial charge in [-0.15, -0.1) is 0 Å². The highest BCUT2D eigenvalue weighted by Crippen LogP contribution is 2.25. The largest absolute Gasteiger partial charge is 0.265 e. The summed E-state index contributed by atoms with van der Waals surface area (Å²) in [6.45, 7) is 1.43. The standard InChI is InChI=1S/C12H16N2O4/c1-2-6-12(14(17)18)11(9-13(15)16)10-7-4-3-5-8-10/h3-5,7-8,11-12H,2,6,9H2,1H3/t11-,12+/m0/s1. The van der Waals surface area contributed by atoms with Crippen molar-refractivity contribution in [3.05, 3.63) is 56.1 Å². The van der Waals surface area contributed by atoms with Gasteiger partial charge in [0, 0.05) is 16.3 Å². The zero-order valence-corrected chi connectivity index (χ0v) is 10.2. The summed E-state index contributed by atoms with van der Waals surface area (Å²) < 4.78 is 0. The Bertz CT molecular complexity index is 408. The molecule has 0 fully saturated rings. The fraction of sp³-hybridized carbons (Fsp3) is 0.500. The number of nitrogens with zero attached hydrogens (tertiary/aromatic N) is 2. The summed E-state index contributed by atoms with van der Waals surface area (Å²) in [5.74, 6) is -0.670. The van der Waals surface area contributed by atoms with Crippen LogP contribution in [0.25, 0.3) is 0 Å². The zero-order valence-electron chi connectivity index (χ0n) is 10.2. The first-order chi connectivity index (χ1) is 8.56. The van der Waals surface area contributed by atoms with Crippen LogP contribution in [-0.2, 0) is 0 Å². The van der Waals surface area contributed by atoms with Crippen LogP contribution in [0.1, 0.15) is 31.2 Å². The minimum atomic E-state index is -0.900. The second kappa shape index (κ2) is 6.68. The Morgan fingerprint density at radius 1 is 1.17 bits per heavy atom. The smallest absolute Gasteiger partial charge is 0.226 e. The van der Waals surface area contributed by atoms with Gasteiger partial charge in [-0.3, -0.25) is 20.2 Å². The van der Waals surface area contributed by atoms with Gasteiger partial charge in [0.1, 0.15) is 5.92 Å². The predicted octanol–water partition coefficient (Wildman–Crippen LogP) is 2.49. The van der Waals surface area contributed by atoms with Crippen molar-refractivity contribution in [2.45, 2.75) is 31.7 Å². The number of hydrogen-bond acceptors (Lipinski definition) is 4. The molecule has 0 aliphatic rings. The first-order valence-electron chi connectivity index (χ1n) is 5.86. The second-order valence-electron chi connectivity index (χ2n) is 4.17. The lowest BCUT2D eigenvalue weighted by atomic mass is 9.89. The van der Waals surface area contributed by atoms with Crippen LogP contribution in [0.15, 0.2) is 30.3 Å². The quantitative estimate of drug-likeness (QED) is 0.551. The molecule has 0 aromatic heterocycles. The molecule has 0 aliphatic heterocycles. The Morgan fingerprint density at radius 3 is 2.22 bits per heavy atom. The van der Waals surface area contributed by atoms with Gasteiger partial charge in [-0.05, 0) is 12.0 Å². The molecule has 0 bridgehead atoms. The van der Waals surface area contributed by atoms with Crippen molar-refractivity contribution >= 4 is 0 Å². The Hall–Kier alpha value is -1.98. The lowest BCUT2D eigenvalue weighted by molar-refractivity contribution is -0.547. The van der Waals surface area contributed by atoms with Gasteiger partial charge in [-0.1, -0.05) is 37.3 Å². The van der Waals surface area contributed by atoms with Crippen LogP contribution in [0.2, 0.25) is 0 Å². The average molecular weight is 252 g/mol. The first kappa shape index (κ1) is 14.1. The SMILES string of the molecule is CCC[C@H]([C@@H](C[N+](=O)[O-])c1ccccc1)[N+](=O)[O-]. The Kier molecular flexibility index (Phi) is 5.23. The average Bonchev–Trinajstić information content (AvgIpc) is 2.34. The fourth-order valence-electron chi connectivity index (χ4n) is 2.06. The van der Waals surface area contributed by atoms with E-state index in [4.69, 9.17) is 0 Å². The molecule has 0 saturated heterocycles. The van der Waals surface area contributed by atoms with Gasteiger partial charge in [0.15, 0.2) is 0 Å². The lowest BCUT2D eigenvalue weighted by Gasteiger charge is -2.17. The summed E-state index contributed by atoms with van der Waals surface area (Å²) in [6.07, 6.45) is 0.979. The van der Waals surface area contributed by atoms with Crippen LogP contribution in [0.3, 0.4) is 0 Å². The van der Waals surface area contributed by atoms with E-state index < -0.39 is 28.4 Å². The third-order valence-electron chi connectivity index (χ3n) is 2.89.